The van der Waals surface area contributed by atoms with Gasteiger partial charge in [-0.3, -0.25) is 0 Å². The molecule has 0 unspecified atom stereocenters. The van der Waals surface area contributed by atoms with Gasteiger partial charge < -0.3 is 10.2 Å². The molecular weight excluding hydrogens is 196 g/mol. The van der Waals surface area contributed by atoms with Crippen molar-refractivity contribution in [2.75, 3.05) is 31.6 Å². The Kier molecular flexibility index (Phi) is 3.83. The summed E-state index contributed by atoms with van der Waals surface area (Å²) in [5.41, 5.74) is 2.75. The average molecular weight is 218 g/mol. The molecule has 1 saturated heterocycles. The average Bonchev–Trinajstić information content (AvgIpc) is 2.27. The molecule has 0 atom stereocenters. The van der Waals surface area contributed by atoms with Gasteiger partial charge in [-0.2, -0.15) is 0 Å². The van der Waals surface area contributed by atoms with Crippen molar-refractivity contribution in [2.45, 2.75) is 19.8 Å². The Balaban J connectivity index is 1.84. The molecule has 16 heavy (non-hydrogen) atoms. The molecule has 0 spiro atoms. The first-order chi connectivity index (χ1) is 7.79. The molecule has 0 aliphatic carbocycles. The molecule has 0 aromatic heterocycles. The van der Waals surface area contributed by atoms with Gasteiger partial charge in [0, 0.05) is 19.3 Å². The van der Waals surface area contributed by atoms with Crippen molar-refractivity contribution < 1.29 is 0 Å². The number of hydrogen-bond donors (Lipinski definition) is 1. The molecule has 2 heteroatoms. The summed E-state index contributed by atoms with van der Waals surface area (Å²) < 4.78 is 0. The fraction of sp³-hybridized carbons (Fsp3) is 0.571. The molecule has 0 radical (unpaired) electrons. The van der Waals surface area contributed by atoms with Crippen molar-refractivity contribution >= 4 is 5.69 Å². The van der Waals surface area contributed by atoms with Gasteiger partial charge in [-0.1, -0.05) is 19.1 Å². The summed E-state index contributed by atoms with van der Waals surface area (Å²) in [7, 11) is 2.19. The summed E-state index contributed by atoms with van der Waals surface area (Å²) >= 11 is 0. The quantitative estimate of drug-likeness (QED) is 0.816. The first-order valence-corrected chi connectivity index (χ1v) is 6.30. The second-order valence-corrected chi connectivity index (χ2v) is 4.75. The number of benzene rings is 1. The van der Waals surface area contributed by atoms with E-state index in [0.29, 0.717) is 0 Å². The van der Waals surface area contributed by atoms with E-state index in [4.69, 9.17) is 0 Å². The van der Waals surface area contributed by atoms with Gasteiger partial charge >= 0.3 is 0 Å². The second kappa shape index (κ2) is 5.35. The molecule has 0 amide bonds. The molecule has 1 N–H and O–H groups in total. The smallest absolute Gasteiger partial charge is 0.0363 e. The molecule has 88 valence electrons. The van der Waals surface area contributed by atoms with Crippen LogP contribution in [0.25, 0.3) is 0 Å². The largest absolute Gasteiger partial charge is 0.375 e. The zero-order valence-electron chi connectivity index (χ0n) is 10.4. The Morgan fingerprint density at radius 1 is 1.25 bits per heavy atom. The molecule has 2 nitrogen and oxygen atoms in total. The van der Waals surface area contributed by atoms with Crippen molar-refractivity contribution in [2.24, 2.45) is 5.92 Å². The van der Waals surface area contributed by atoms with Crippen molar-refractivity contribution in [3.8, 4) is 0 Å². The highest BCUT2D eigenvalue weighted by atomic mass is 15.1. The van der Waals surface area contributed by atoms with Gasteiger partial charge in [-0.05, 0) is 49.5 Å². The fourth-order valence-electron chi connectivity index (χ4n) is 2.04. The van der Waals surface area contributed by atoms with Crippen molar-refractivity contribution in [3.63, 3.8) is 0 Å². The molecule has 1 aromatic rings. The Hall–Kier alpha value is -1.02. The van der Waals surface area contributed by atoms with Gasteiger partial charge in [-0.25, -0.2) is 0 Å². The highest BCUT2D eigenvalue weighted by Gasteiger charge is 2.16. The number of nitrogens with one attached hydrogen (secondary N) is 1. The van der Waals surface area contributed by atoms with Crippen LogP contribution in [-0.2, 0) is 6.42 Å². The number of rotatable bonds is 5. The maximum absolute atomic E-state index is 3.32. The third-order valence-corrected chi connectivity index (χ3v) is 3.52. The summed E-state index contributed by atoms with van der Waals surface area (Å²) in [6.07, 6.45) is 2.43. The zero-order chi connectivity index (χ0) is 11.4. The summed E-state index contributed by atoms with van der Waals surface area (Å²) in [5.74, 6) is 0.900. The van der Waals surface area contributed by atoms with Crippen LogP contribution in [0.3, 0.4) is 0 Å². The standard InChI is InChI=1S/C14H22N2/c1-3-12-4-6-14(7-5-12)16(2)9-8-13-10-15-11-13/h4-7,13,15H,3,8-11H2,1-2H3. The molecule has 1 fully saturated rings. The Bertz CT molecular complexity index is 314. The molecule has 0 saturated carbocycles. The summed E-state index contributed by atoms with van der Waals surface area (Å²) in [4.78, 5) is 2.36. The fourth-order valence-corrected chi connectivity index (χ4v) is 2.04. The SMILES string of the molecule is CCc1ccc(N(C)CCC2CNC2)cc1. The van der Waals surface area contributed by atoms with E-state index >= 15 is 0 Å². The predicted octanol–water partition coefficient (Wildman–Crippen LogP) is 2.29. The molecule has 1 aromatic carbocycles. The predicted molar refractivity (Wildman–Crippen MR) is 70.1 cm³/mol. The van der Waals surface area contributed by atoms with E-state index in [1.807, 2.05) is 0 Å². The number of anilines is 1. The van der Waals surface area contributed by atoms with Crippen LogP contribution < -0.4 is 10.2 Å². The van der Waals surface area contributed by atoms with Crippen LogP contribution >= 0.6 is 0 Å². The molecule has 2 rings (SSSR count). The van der Waals surface area contributed by atoms with E-state index < -0.39 is 0 Å². The Labute approximate surface area is 98.7 Å². The van der Waals surface area contributed by atoms with Crippen LogP contribution in [0.15, 0.2) is 24.3 Å². The van der Waals surface area contributed by atoms with E-state index in [0.717, 1.165) is 18.9 Å². The summed E-state index contributed by atoms with van der Waals surface area (Å²) in [6.45, 7) is 5.78. The maximum atomic E-state index is 3.32. The minimum absolute atomic E-state index is 0.900. The first-order valence-electron chi connectivity index (χ1n) is 6.30. The van der Waals surface area contributed by atoms with E-state index in [2.05, 4.69) is 48.5 Å². The maximum Gasteiger partial charge on any atom is 0.0363 e. The van der Waals surface area contributed by atoms with Crippen molar-refractivity contribution in [1.82, 2.24) is 5.32 Å². The van der Waals surface area contributed by atoms with Crippen LogP contribution in [0.4, 0.5) is 5.69 Å². The molecule has 1 aliphatic heterocycles. The van der Waals surface area contributed by atoms with Gasteiger partial charge in [0.25, 0.3) is 0 Å². The number of aryl methyl sites for hydroxylation is 1. The minimum Gasteiger partial charge on any atom is -0.375 e. The highest BCUT2D eigenvalue weighted by molar-refractivity contribution is 5.46. The van der Waals surface area contributed by atoms with Crippen molar-refractivity contribution in [3.05, 3.63) is 29.8 Å². The van der Waals surface area contributed by atoms with E-state index in [1.54, 1.807) is 0 Å². The van der Waals surface area contributed by atoms with Gasteiger partial charge in [0.1, 0.15) is 0 Å². The first kappa shape index (κ1) is 11.5. The molecule has 1 heterocycles. The highest BCUT2D eigenvalue weighted by Crippen LogP contribution is 2.16. The lowest BCUT2D eigenvalue weighted by Gasteiger charge is -2.29. The van der Waals surface area contributed by atoms with E-state index in [-0.39, 0.29) is 0 Å². The molecule has 1 aliphatic rings. The van der Waals surface area contributed by atoms with Gasteiger partial charge in [0.2, 0.25) is 0 Å². The van der Waals surface area contributed by atoms with Gasteiger partial charge in [0.15, 0.2) is 0 Å². The molecule has 0 bridgehead atoms. The molecular formula is C14H22N2. The lowest BCUT2D eigenvalue weighted by Crippen LogP contribution is -2.43. The Morgan fingerprint density at radius 3 is 2.44 bits per heavy atom. The monoisotopic (exact) mass is 218 g/mol. The van der Waals surface area contributed by atoms with Crippen LogP contribution in [0.5, 0.6) is 0 Å². The van der Waals surface area contributed by atoms with Gasteiger partial charge in [-0.15, -0.1) is 0 Å². The zero-order valence-corrected chi connectivity index (χ0v) is 10.4. The summed E-state index contributed by atoms with van der Waals surface area (Å²) in [5, 5.41) is 3.32. The van der Waals surface area contributed by atoms with Crippen LogP contribution in [0.1, 0.15) is 18.9 Å². The van der Waals surface area contributed by atoms with Crippen LogP contribution in [-0.4, -0.2) is 26.7 Å². The van der Waals surface area contributed by atoms with Crippen molar-refractivity contribution in [1.29, 1.82) is 0 Å². The lowest BCUT2D eigenvalue weighted by molar-refractivity contribution is 0.330. The minimum atomic E-state index is 0.900. The number of hydrogen-bond acceptors (Lipinski definition) is 2. The van der Waals surface area contributed by atoms with E-state index in [1.165, 1.54) is 30.8 Å². The normalized spacial score (nSPS) is 15.9. The second-order valence-electron chi connectivity index (χ2n) is 4.75. The van der Waals surface area contributed by atoms with Crippen LogP contribution in [0, 0.1) is 5.92 Å². The van der Waals surface area contributed by atoms with Gasteiger partial charge in [0.05, 0.1) is 0 Å². The third kappa shape index (κ3) is 2.76. The van der Waals surface area contributed by atoms with E-state index in [9.17, 15) is 0 Å². The summed E-state index contributed by atoms with van der Waals surface area (Å²) in [6, 6.07) is 8.93. The topological polar surface area (TPSA) is 15.3 Å². The Morgan fingerprint density at radius 2 is 1.94 bits per heavy atom. The number of nitrogens with zero attached hydrogens (tertiary/aromatic N) is 1. The third-order valence-electron chi connectivity index (χ3n) is 3.52. The van der Waals surface area contributed by atoms with Crippen LogP contribution in [0.2, 0.25) is 0 Å². The lowest BCUT2D eigenvalue weighted by atomic mass is 9.99.